The molecule has 0 saturated heterocycles. The van der Waals surface area contributed by atoms with Crippen LogP contribution >= 0.6 is 23.2 Å². The average molecular weight is 387 g/mol. The molecular weight excluding hydrogens is 375 g/mol. The molecule has 1 heterocycles. The average Bonchev–Trinajstić information content (AvgIpc) is 2.59. The zero-order valence-corrected chi connectivity index (χ0v) is 15.0. The van der Waals surface area contributed by atoms with E-state index in [2.05, 4.69) is 16.2 Å². The monoisotopic (exact) mass is 386 g/mol. The first-order valence-electron chi connectivity index (χ1n) is 7.55. The molecule has 0 aliphatic heterocycles. The number of halogens is 2. The molecule has 2 aromatic carbocycles. The Morgan fingerprint density at radius 3 is 2.46 bits per heavy atom. The van der Waals surface area contributed by atoms with Crippen molar-refractivity contribution in [2.24, 2.45) is 0 Å². The Kier molecular flexibility index (Phi) is 4.94. The van der Waals surface area contributed by atoms with E-state index in [-0.39, 0.29) is 0 Å². The van der Waals surface area contributed by atoms with Gasteiger partial charge >= 0.3 is 5.69 Å². The summed E-state index contributed by atoms with van der Waals surface area (Å²) in [6.45, 7) is 1.79. The van der Waals surface area contributed by atoms with Crippen molar-refractivity contribution < 1.29 is 0 Å². The number of hydrogen-bond donors (Lipinski definition) is 1. The molecule has 0 bridgehead atoms. The largest absolute Gasteiger partial charge is 0.349 e. The number of aromatic nitrogens is 3. The van der Waals surface area contributed by atoms with Crippen molar-refractivity contribution in [3.63, 3.8) is 0 Å². The van der Waals surface area contributed by atoms with Crippen molar-refractivity contribution in [2.45, 2.75) is 12.8 Å². The second kappa shape index (κ2) is 7.16. The summed E-state index contributed by atoms with van der Waals surface area (Å²) < 4.78 is 1.04. The minimum Gasteiger partial charge on any atom is -0.271 e. The highest BCUT2D eigenvalue weighted by Crippen LogP contribution is 2.34. The van der Waals surface area contributed by atoms with Crippen molar-refractivity contribution in [1.29, 1.82) is 5.26 Å². The van der Waals surface area contributed by atoms with Crippen molar-refractivity contribution in [1.82, 2.24) is 14.8 Å². The number of H-pyrrole nitrogens is 1. The molecule has 0 aliphatic carbocycles. The molecule has 1 unspecified atom stereocenters. The quantitative estimate of drug-likeness (QED) is 0.747. The van der Waals surface area contributed by atoms with E-state index in [9.17, 15) is 14.9 Å². The standard InChI is InChI=1S/C18H12Cl2N4O2/c1-10-6-13(24-18(26)23-16(25)9-22-24)7-15(20)17(10)14(8-21)11-2-4-12(19)5-3-11/h2-7,9,14H,1H3,(H,23,25,26). The van der Waals surface area contributed by atoms with Gasteiger partial charge in [-0.1, -0.05) is 35.3 Å². The van der Waals surface area contributed by atoms with Gasteiger partial charge in [-0.2, -0.15) is 15.0 Å². The maximum Gasteiger partial charge on any atom is 0.349 e. The maximum atomic E-state index is 11.9. The van der Waals surface area contributed by atoms with Crippen LogP contribution in [0.15, 0.2) is 52.2 Å². The molecule has 26 heavy (non-hydrogen) atoms. The van der Waals surface area contributed by atoms with Crippen molar-refractivity contribution >= 4 is 23.2 Å². The van der Waals surface area contributed by atoms with Crippen LogP contribution in [0.3, 0.4) is 0 Å². The second-order valence-electron chi connectivity index (χ2n) is 5.62. The molecule has 0 saturated carbocycles. The number of benzene rings is 2. The number of nitrogens with one attached hydrogen (secondary N) is 1. The first kappa shape index (κ1) is 17.9. The smallest absolute Gasteiger partial charge is 0.271 e. The molecular formula is C18H12Cl2N4O2. The van der Waals surface area contributed by atoms with Gasteiger partial charge in [0, 0.05) is 10.0 Å². The molecule has 130 valence electrons. The first-order chi connectivity index (χ1) is 12.4. The Hall–Kier alpha value is -2.88. The molecule has 3 aromatic rings. The molecule has 8 heteroatoms. The lowest BCUT2D eigenvalue weighted by Crippen LogP contribution is -2.30. The number of aryl methyl sites for hydroxylation is 1. The maximum absolute atomic E-state index is 11.9. The Morgan fingerprint density at radius 2 is 1.88 bits per heavy atom. The number of rotatable bonds is 3. The number of nitriles is 1. The molecule has 1 aromatic heterocycles. The van der Waals surface area contributed by atoms with Gasteiger partial charge in [0.05, 0.1) is 17.7 Å². The van der Waals surface area contributed by atoms with Crippen LogP contribution in [0.2, 0.25) is 10.0 Å². The van der Waals surface area contributed by atoms with E-state index >= 15 is 0 Å². The minimum absolute atomic E-state index is 0.321. The van der Waals surface area contributed by atoms with Crippen molar-refractivity contribution in [2.75, 3.05) is 0 Å². The summed E-state index contributed by atoms with van der Waals surface area (Å²) >= 11 is 12.3. The van der Waals surface area contributed by atoms with E-state index in [0.717, 1.165) is 16.4 Å². The van der Waals surface area contributed by atoms with Crippen molar-refractivity contribution in [3.8, 4) is 11.8 Å². The van der Waals surface area contributed by atoms with Crippen LogP contribution in [0.5, 0.6) is 0 Å². The predicted octanol–water partition coefficient (Wildman–Crippen LogP) is 3.19. The molecule has 0 aliphatic rings. The van der Waals surface area contributed by atoms with E-state index < -0.39 is 17.2 Å². The van der Waals surface area contributed by atoms with Gasteiger partial charge in [0.15, 0.2) is 0 Å². The van der Waals surface area contributed by atoms with Gasteiger partial charge in [-0.25, -0.2) is 4.79 Å². The minimum atomic E-state index is -0.671. The normalized spacial score (nSPS) is 11.8. The second-order valence-corrected chi connectivity index (χ2v) is 6.47. The van der Waals surface area contributed by atoms with E-state index in [0.29, 0.717) is 26.9 Å². The molecule has 0 radical (unpaired) electrons. The van der Waals surface area contributed by atoms with Gasteiger partial charge in [0.2, 0.25) is 0 Å². The van der Waals surface area contributed by atoms with Gasteiger partial charge in [-0.05, 0) is 47.9 Å². The van der Waals surface area contributed by atoms with Crippen LogP contribution in [-0.4, -0.2) is 14.8 Å². The first-order valence-corrected chi connectivity index (χ1v) is 8.30. The number of aromatic amines is 1. The lowest BCUT2D eigenvalue weighted by atomic mass is 9.89. The fourth-order valence-corrected chi connectivity index (χ4v) is 3.22. The van der Waals surface area contributed by atoms with E-state index in [1.807, 2.05) is 0 Å². The van der Waals surface area contributed by atoms with Gasteiger partial charge in [-0.3, -0.25) is 9.78 Å². The summed E-state index contributed by atoms with van der Waals surface area (Å²) in [7, 11) is 0. The molecule has 6 nitrogen and oxygen atoms in total. The fraction of sp³-hybridized carbons (Fsp3) is 0.111. The summed E-state index contributed by atoms with van der Waals surface area (Å²) in [6, 6.07) is 12.4. The molecule has 0 fully saturated rings. The fourth-order valence-electron chi connectivity index (χ4n) is 2.72. The highest BCUT2D eigenvalue weighted by atomic mass is 35.5. The van der Waals surface area contributed by atoms with Gasteiger partial charge in [-0.15, -0.1) is 0 Å². The third-order valence-electron chi connectivity index (χ3n) is 3.90. The predicted molar refractivity (Wildman–Crippen MR) is 99.1 cm³/mol. The third kappa shape index (κ3) is 3.40. The van der Waals surface area contributed by atoms with Crippen LogP contribution in [-0.2, 0) is 0 Å². The molecule has 1 atom stereocenters. The summed E-state index contributed by atoms with van der Waals surface area (Å²) in [5, 5.41) is 14.4. The van der Waals surface area contributed by atoms with Gasteiger partial charge in [0.1, 0.15) is 6.20 Å². The van der Waals surface area contributed by atoms with E-state index in [1.165, 1.54) is 6.07 Å². The molecule has 1 N–H and O–H groups in total. The molecule has 0 spiro atoms. The Labute approximate surface area is 158 Å². The highest BCUT2D eigenvalue weighted by Gasteiger charge is 2.20. The van der Waals surface area contributed by atoms with E-state index in [1.54, 1.807) is 37.3 Å². The zero-order chi connectivity index (χ0) is 18.8. The summed E-state index contributed by atoms with van der Waals surface area (Å²) in [6.07, 6.45) is 1.00. The third-order valence-corrected chi connectivity index (χ3v) is 4.46. The molecule has 0 amide bonds. The summed E-state index contributed by atoms with van der Waals surface area (Å²) in [4.78, 5) is 25.2. The van der Waals surface area contributed by atoms with Crippen LogP contribution in [0.4, 0.5) is 0 Å². The van der Waals surface area contributed by atoms with Gasteiger partial charge < -0.3 is 0 Å². The van der Waals surface area contributed by atoms with Crippen LogP contribution in [0.25, 0.3) is 5.69 Å². The van der Waals surface area contributed by atoms with E-state index in [4.69, 9.17) is 23.2 Å². The SMILES string of the molecule is Cc1cc(-n2ncc(=O)[nH]c2=O)cc(Cl)c1C(C#N)c1ccc(Cl)cc1. The molecule has 3 rings (SSSR count). The number of hydrogen-bond acceptors (Lipinski definition) is 4. The van der Waals surface area contributed by atoms with Crippen LogP contribution in [0.1, 0.15) is 22.6 Å². The Morgan fingerprint density at radius 1 is 1.19 bits per heavy atom. The van der Waals surface area contributed by atoms with Gasteiger partial charge in [0.25, 0.3) is 5.56 Å². The topological polar surface area (TPSA) is 91.5 Å². The Bertz CT molecular complexity index is 1100. The lowest BCUT2D eigenvalue weighted by Gasteiger charge is -2.16. The lowest BCUT2D eigenvalue weighted by molar-refractivity contribution is 0.748. The van der Waals surface area contributed by atoms with Crippen LogP contribution < -0.4 is 11.2 Å². The van der Waals surface area contributed by atoms with Crippen LogP contribution in [0, 0.1) is 18.3 Å². The Balaban J connectivity index is 2.12. The zero-order valence-electron chi connectivity index (χ0n) is 13.5. The highest BCUT2D eigenvalue weighted by molar-refractivity contribution is 6.32. The summed E-state index contributed by atoms with van der Waals surface area (Å²) in [5.74, 6) is -0.589. The summed E-state index contributed by atoms with van der Waals surface area (Å²) in [5.41, 5.74) is 1.25. The van der Waals surface area contributed by atoms with Crippen molar-refractivity contribution in [3.05, 3.63) is 90.2 Å². The number of nitrogens with zero attached hydrogens (tertiary/aromatic N) is 3.